The highest BCUT2D eigenvalue weighted by Crippen LogP contribution is 2.32. The summed E-state index contributed by atoms with van der Waals surface area (Å²) in [6, 6.07) is 17.4. The number of rotatable bonds is 5. The Morgan fingerprint density at radius 3 is 1.91 bits per heavy atom. The Kier molecular flexibility index (Phi) is 8.25. The van der Waals surface area contributed by atoms with Gasteiger partial charge >= 0.3 is 11.9 Å². The highest BCUT2D eigenvalue weighted by Gasteiger charge is 2.19. The van der Waals surface area contributed by atoms with Crippen molar-refractivity contribution in [2.75, 3.05) is 13.2 Å². The number of benzene rings is 3. The Morgan fingerprint density at radius 1 is 0.733 bits per heavy atom. The summed E-state index contributed by atoms with van der Waals surface area (Å²) in [6.07, 6.45) is 2.08. The molecule has 0 aliphatic carbocycles. The van der Waals surface area contributed by atoms with E-state index in [-0.39, 0.29) is 5.82 Å². The van der Waals surface area contributed by atoms with Crippen LogP contribution in [0.4, 0.5) is 4.39 Å². The molecule has 0 radical (unpaired) electrons. The zero-order valence-corrected chi connectivity index (χ0v) is 22.8. The number of aromatic carboxylic acids is 2. The second-order valence-corrected chi connectivity index (χ2v) is 9.24. The monoisotopic (exact) mass is 616 g/mol. The summed E-state index contributed by atoms with van der Waals surface area (Å²) in [5.74, 6) is -3.81. The molecule has 1 aliphatic rings. The van der Waals surface area contributed by atoms with Crippen LogP contribution in [0, 0.1) is 5.82 Å². The Morgan fingerprint density at radius 2 is 1.29 bits per heavy atom. The first-order chi connectivity index (χ1) is 21.5. The molecule has 0 bridgehead atoms. The lowest BCUT2D eigenvalue weighted by atomic mass is 10.0. The largest absolute Gasteiger partial charge is 0.503 e. The lowest BCUT2D eigenvalue weighted by Gasteiger charge is -2.19. The Labute approximate surface area is 251 Å². The van der Waals surface area contributed by atoms with Crippen LogP contribution >= 0.6 is 0 Å². The summed E-state index contributed by atoms with van der Waals surface area (Å²) < 4.78 is 26.1. The lowest BCUT2D eigenvalue weighted by Crippen LogP contribution is -2.21. The second-order valence-electron chi connectivity index (χ2n) is 9.24. The van der Waals surface area contributed by atoms with E-state index in [1.165, 1.54) is 12.1 Å². The van der Waals surface area contributed by atoms with Gasteiger partial charge in [-0.2, -0.15) is 10.2 Å². The molecule has 0 saturated carbocycles. The van der Waals surface area contributed by atoms with E-state index in [1.54, 1.807) is 54.6 Å². The van der Waals surface area contributed by atoms with Crippen molar-refractivity contribution < 1.29 is 43.9 Å². The number of ether oxygens (including phenoxy) is 2. The molecule has 1 aliphatic heterocycles. The van der Waals surface area contributed by atoms with Crippen LogP contribution in [-0.2, 0) is 0 Å². The lowest BCUT2D eigenvalue weighted by molar-refractivity contribution is 0.0675. The summed E-state index contributed by atoms with van der Waals surface area (Å²) in [6.45, 7) is 0.853. The van der Waals surface area contributed by atoms with Crippen molar-refractivity contribution in [2.24, 2.45) is 0 Å². The molecule has 0 unspecified atom stereocenters. The maximum atomic E-state index is 13.1. The van der Waals surface area contributed by atoms with Crippen molar-refractivity contribution in [1.29, 1.82) is 0 Å². The van der Waals surface area contributed by atoms with Crippen LogP contribution in [0.15, 0.2) is 88.7 Å². The fraction of sp³-hybridized carbons (Fsp3) is 0.0667. The van der Waals surface area contributed by atoms with Gasteiger partial charge in [0, 0.05) is 11.6 Å². The standard InChI is InChI=1S/C17H11FN2O4.C13H10N2O6/c18-11-7-5-10(6-8-11)12-3-1-2-4-13(12)20-9-14(21)16(22)15(19-20)17(23)24;16-8-6-15(14-11(12(8)17)13(18)19)7-1-2-9-10(5-7)21-4-3-20-9/h1-9,21H,(H,23,24);1-2,5-6,16H,3-4H2,(H,18,19). The number of para-hydroxylation sites is 1. The molecule has 3 aromatic carbocycles. The molecule has 6 rings (SSSR count). The highest BCUT2D eigenvalue weighted by molar-refractivity contribution is 5.86. The topological polar surface area (TPSA) is 203 Å². The van der Waals surface area contributed by atoms with E-state index >= 15 is 0 Å². The second kappa shape index (κ2) is 12.4. The number of halogens is 1. The summed E-state index contributed by atoms with van der Waals surface area (Å²) in [5, 5.41) is 44.7. The molecule has 0 atom stereocenters. The molecule has 5 aromatic rings. The predicted molar refractivity (Wildman–Crippen MR) is 153 cm³/mol. The average Bonchev–Trinajstić information content (AvgIpc) is 3.03. The zero-order chi connectivity index (χ0) is 32.2. The summed E-state index contributed by atoms with van der Waals surface area (Å²) >= 11 is 0. The van der Waals surface area contributed by atoms with Crippen molar-refractivity contribution in [2.45, 2.75) is 0 Å². The van der Waals surface area contributed by atoms with E-state index in [4.69, 9.17) is 19.7 Å². The number of hydrogen-bond acceptors (Lipinski definition) is 10. The number of fused-ring (bicyclic) bond motifs is 1. The molecule has 2 aromatic heterocycles. The number of aromatic nitrogens is 4. The minimum atomic E-state index is -1.54. The van der Waals surface area contributed by atoms with Crippen LogP contribution in [0.3, 0.4) is 0 Å². The predicted octanol–water partition coefficient (Wildman–Crippen LogP) is 2.85. The third kappa shape index (κ3) is 6.31. The summed E-state index contributed by atoms with van der Waals surface area (Å²) in [7, 11) is 0. The molecule has 14 nitrogen and oxygen atoms in total. The van der Waals surface area contributed by atoms with Gasteiger partial charge < -0.3 is 29.9 Å². The van der Waals surface area contributed by atoms with Gasteiger partial charge in [-0.15, -0.1) is 0 Å². The normalized spacial score (nSPS) is 11.7. The van der Waals surface area contributed by atoms with Gasteiger partial charge in [0.05, 0.1) is 23.8 Å². The molecule has 0 amide bonds. The molecule has 0 spiro atoms. The van der Waals surface area contributed by atoms with Gasteiger partial charge in [0.15, 0.2) is 23.0 Å². The first kappa shape index (κ1) is 30.0. The van der Waals surface area contributed by atoms with Crippen LogP contribution < -0.4 is 20.3 Å². The van der Waals surface area contributed by atoms with Gasteiger partial charge in [0.25, 0.3) is 10.9 Å². The average molecular weight is 617 g/mol. The number of nitrogens with zero attached hydrogens (tertiary/aromatic N) is 4. The van der Waals surface area contributed by atoms with E-state index in [1.807, 2.05) is 0 Å². The van der Waals surface area contributed by atoms with Crippen LogP contribution in [0.2, 0.25) is 0 Å². The van der Waals surface area contributed by atoms with E-state index < -0.39 is 45.7 Å². The highest BCUT2D eigenvalue weighted by atomic mass is 19.1. The SMILES string of the molecule is O=C(O)c1nn(-c2ccc3c(c2)OCCO3)cc(O)c1=O.O=C(O)c1nn(-c2ccccc2-c2ccc(F)cc2)cc(O)c1=O. The van der Waals surface area contributed by atoms with Crippen molar-refractivity contribution in [3.05, 3.63) is 117 Å². The molecule has 228 valence electrons. The van der Waals surface area contributed by atoms with Gasteiger partial charge in [0.1, 0.15) is 19.0 Å². The maximum absolute atomic E-state index is 13.1. The van der Waals surface area contributed by atoms with E-state index in [9.17, 15) is 33.8 Å². The molecular weight excluding hydrogens is 595 g/mol. The van der Waals surface area contributed by atoms with Crippen LogP contribution in [0.1, 0.15) is 21.0 Å². The molecule has 45 heavy (non-hydrogen) atoms. The van der Waals surface area contributed by atoms with Crippen molar-refractivity contribution in [3.8, 4) is 45.5 Å². The molecule has 15 heteroatoms. The quantitative estimate of drug-likeness (QED) is 0.225. The fourth-order valence-electron chi connectivity index (χ4n) is 4.21. The van der Waals surface area contributed by atoms with Gasteiger partial charge in [-0.25, -0.2) is 23.3 Å². The van der Waals surface area contributed by atoms with E-state index in [0.29, 0.717) is 47.2 Å². The molecule has 4 N–H and O–H groups in total. The maximum Gasteiger partial charge on any atom is 0.360 e. The van der Waals surface area contributed by atoms with E-state index in [0.717, 1.165) is 21.8 Å². The van der Waals surface area contributed by atoms with Gasteiger partial charge in [-0.05, 0) is 35.9 Å². The van der Waals surface area contributed by atoms with Gasteiger partial charge in [-0.3, -0.25) is 9.59 Å². The summed E-state index contributed by atoms with van der Waals surface area (Å²) in [5.41, 5.74) is -1.48. The van der Waals surface area contributed by atoms with Crippen molar-refractivity contribution >= 4 is 11.9 Å². The minimum absolute atomic E-state index is 0.386. The number of carbonyl (C=O) groups is 2. The first-order valence-electron chi connectivity index (χ1n) is 12.9. The van der Waals surface area contributed by atoms with Crippen LogP contribution in [-0.4, -0.2) is 65.1 Å². The van der Waals surface area contributed by atoms with Gasteiger partial charge in [0.2, 0.25) is 11.4 Å². The minimum Gasteiger partial charge on any atom is -0.503 e. The molecule has 0 fully saturated rings. The number of aromatic hydroxyl groups is 2. The zero-order valence-electron chi connectivity index (χ0n) is 22.8. The Bertz CT molecular complexity index is 2060. The molecule has 0 saturated heterocycles. The van der Waals surface area contributed by atoms with Crippen LogP contribution in [0.5, 0.6) is 23.0 Å². The number of hydrogen-bond donors (Lipinski definition) is 4. The number of carboxylic acid groups (broad SMARTS) is 2. The van der Waals surface area contributed by atoms with Crippen LogP contribution in [0.25, 0.3) is 22.5 Å². The molecular formula is C30H21FN4O10. The smallest absolute Gasteiger partial charge is 0.360 e. The van der Waals surface area contributed by atoms with Gasteiger partial charge in [-0.1, -0.05) is 30.3 Å². The van der Waals surface area contributed by atoms with Crippen molar-refractivity contribution in [1.82, 2.24) is 19.6 Å². The number of carboxylic acids is 2. The third-order valence-electron chi connectivity index (χ3n) is 6.30. The Balaban J connectivity index is 0.000000179. The third-order valence-corrected chi connectivity index (χ3v) is 6.30. The summed E-state index contributed by atoms with van der Waals surface area (Å²) in [4.78, 5) is 45.2. The molecule has 3 heterocycles. The fourth-order valence-corrected chi connectivity index (χ4v) is 4.21. The Hall–Kier alpha value is -6.51. The van der Waals surface area contributed by atoms with E-state index in [2.05, 4.69) is 10.2 Å². The first-order valence-corrected chi connectivity index (χ1v) is 12.9. The van der Waals surface area contributed by atoms with Crippen molar-refractivity contribution in [3.63, 3.8) is 0 Å².